The Balaban J connectivity index is 1.65. The molecule has 0 aliphatic carbocycles. The second-order valence-electron chi connectivity index (χ2n) is 9.44. The predicted octanol–water partition coefficient (Wildman–Crippen LogP) is 3.01. The Bertz CT molecular complexity index is 954. The quantitative estimate of drug-likeness (QED) is 0.423. The molecule has 3 rings (SSSR count). The largest absolute Gasteiger partial charge is 0.444 e. The van der Waals surface area contributed by atoms with Crippen LogP contribution in [0.5, 0.6) is 0 Å². The number of fused-ring (bicyclic) bond motifs is 1. The minimum absolute atomic E-state index is 0.0155. The number of nitro groups is 1. The first-order valence-corrected chi connectivity index (χ1v) is 10.7. The predicted molar refractivity (Wildman–Crippen MR) is 117 cm³/mol. The molecule has 1 aromatic carbocycles. The number of piperidine rings is 1. The van der Waals surface area contributed by atoms with E-state index >= 15 is 0 Å². The number of carbonyl (C=O) groups excluding carboxylic acids is 3. The summed E-state index contributed by atoms with van der Waals surface area (Å²) in [7, 11) is 0. The first-order valence-electron chi connectivity index (χ1n) is 10.7. The van der Waals surface area contributed by atoms with Gasteiger partial charge in [0.1, 0.15) is 5.60 Å². The van der Waals surface area contributed by atoms with Crippen molar-refractivity contribution in [2.45, 2.75) is 59.1 Å². The summed E-state index contributed by atoms with van der Waals surface area (Å²) in [4.78, 5) is 51.9. The number of amides is 3. The van der Waals surface area contributed by atoms with Crippen molar-refractivity contribution in [3.8, 4) is 0 Å². The summed E-state index contributed by atoms with van der Waals surface area (Å²) in [5.41, 5.74) is 0.527. The van der Waals surface area contributed by atoms with Crippen LogP contribution in [-0.2, 0) is 14.3 Å². The molecule has 32 heavy (non-hydrogen) atoms. The highest BCUT2D eigenvalue weighted by molar-refractivity contribution is 6.39. The van der Waals surface area contributed by atoms with Gasteiger partial charge in [-0.2, -0.15) is 0 Å². The van der Waals surface area contributed by atoms with Crippen LogP contribution in [0.2, 0.25) is 0 Å². The Morgan fingerprint density at radius 2 is 1.84 bits per heavy atom. The fourth-order valence-electron chi connectivity index (χ4n) is 4.45. The number of anilines is 1. The van der Waals surface area contributed by atoms with Crippen molar-refractivity contribution in [2.24, 2.45) is 5.92 Å². The maximum absolute atomic E-state index is 12.8. The van der Waals surface area contributed by atoms with Crippen LogP contribution in [0, 0.1) is 29.9 Å². The number of rotatable bonds is 2. The third-order valence-corrected chi connectivity index (χ3v) is 6.02. The van der Waals surface area contributed by atoms with Crippen LogP contribution in [0.15, 0.2) is 12.1 Å². The van der Waals surface area contributed by atoms with Crippen LogP contribution < -0.4 is 5.32 Å². The fourth-order valence-corrected chi connectivity index (χ4v) is 4.45. The monoisotopic (exact) mass is 446 g/mol. The molecule has 2 saturated heterocycles. The second kappa shape index (κ2) is 8.76. The number of benzene rings is 1. The summed E-state index contributed by atoms with van der Waals surface area (Å²) >= 11 is 0. The average molecular weight is 447 g/mol. The summed E-state index contributed by atoms with van der Waals surface area (Å²) < 4.78 is 5.49. The summed E-state index contributed by atoms with van der Waals surface area (Å²) in [6.07, 6.45) is 0.954. The molecule has 0 spiro atoms. The number of likely N-dealkylation sites (tertiary alicyclic amines) is 2. The second-order valence-corrected chi connectivity index (χ2v) is 9.44. The Morgan fingerprint density at radius 3 is 2.47 bits per heavy atom. The first kappa shape index (κ1) is 23.5. The van der Waals surface area contributed by atoms with E-state index in [1.165, 1.54) is 11.0 Å². The van der Waals surface area contributed by atoms with Crippen LogP contribution in [-0.4, -0.2) is 63.9 Å². The van der Waals surface area contributed by atoms with Crippen LogP contribution >= 0.6 is 0 Å². The molecule has 2 fully saturated rings. The van der Waals surface area contributed by atoms with Gasteiger partial charge in [-0.1, -0.05) is 6.07 Å². The van der Waals surface area contributed by atoms with E-state index in [1.54, 1.807) is 24.8 Å². The number of nitrogens with one attached hydrogen (secondary N) is 1. The first-order chi connectivity index (χ1) is 14.9. The molecular weight excluding hydrogens is 416 g/mol. The molecule has 0 radical (unpaired) electrons. The molecule has 174 valence electrons. The number of aryl methyl sites for hydroxylation is 1. The van der Waals surface area contributed by atoms with Gasteiger partial charge in [-0.15, -0.1) is 0 Å². The highest BCUT2D eigenvalue weighted by Crippen LogP contribution is 2.33. The van der Waals surface area contributed by atoms with Crippen LogP contribution in [0.3, 0.4) is 0 Å². The van der Waals surface area contributed by atoms with E-state index in [2.05, 4.69) is 5.32 Å². The lowest BCUT2D eigenvalue weighted by atomic mass is 9.93. The molecule has 0 bridgehead atoms. The van der Waals surface area contributed by atoms with Gasteiger partial charge in [0.25, 0.3) is 5.69 Å². The lowest BCUT2D eigenvalue weighted by molar-refractivity contribution is -0.385. The summed E-state index contributed by atoms with van der Waals surface area (Å²) in [6, 6.07) is 2.91. The fraction of sp³-hybridized carbons (Fsp3) is 0.591. The maximum Gasteiger partial charge on any atom is 0.410 e. The van der Waals surface area contributed by atoms with Gasteiger partial charge in [-0.3, -0.25) is 19.7 Å². The molecule has 10 nitrogen and oxygen atoms in total. The normalized spacial score (nSPS) is 20.5. The molecule has 2 atom stereocenters. The van der Waals surface area contributed by atoms with Gasteiger partial charge in [0, 0.05) is 31.7 Å². The van der Waals surface area contributed by atoms with Crippen molar-refractivity contribution in [3.63, 3.8) is 0 Å². The van der Waals surface area contributed by atoms with E-state index in [-0.39, 0.29) is 29.4 Å². The smallest absolute Gasteiger partial charge is 0.410 e. The van der Waals surface area contributed by atoms with Crippen molar-refractivity contribution in [1.29, 1.82) is 0 Å². The number of nitrogens with zero attached hydrogens (tertiary/aromatic N) is 3. The Kier molecular flexibility index (Phi) is 6.43. The maximum atomic E-state index is 12.8. The van der Waals surface area contributed by atoms with Crippen molar-refractivity contribution in [3.05, 3.63) is 33.4 Å². The van der Waals surface area contributed by atoms with Crippen molar-refractivity contribution >= 4 is 29.3 Å². The lowest BCUT2D eigenvalue weighted by Crippen LogP contribution is -2.52. The molecule has 2 aliphatic rings. The highest BCUT2D eigenvalue weighted by atomic mass is 16.6. The average Bonchev–Trinajstić information content (AvgIpc) is 3.12. The van der Waals surface area contributed by atoms with Gasteiger partial charge in [-0.05, 0) is 58.9 Å². The number of hydrogen-bond donors (Lipinski definition) is 1. The number of nitro benzene ring substituents is 1. The molecule has 2 heterocycles. The van der Waals surface area contributed by atoms with Crippen molar-refractivity contribution in [1.82, 2.24) is 9.80 Å². The van der Waals surface area contributed by atoms with Crippen LogP contribution in [0.1, 0.15) is 44.7 Å². The van der Waals surface area contributed by atoms with Gasteiger partial charge in [0.2, 0.25) is 0 Å². The molecule has 1 N–H and O–H groups in total. The van der Waals surface area contributed by atoms with E-state index in [0.717, 1.165) is 6.42 Å². The highest BCUT2D eigenvalue weighted by Gasteiger charge is 2.43. The van der Waals surface area contributed by atoms with Crippen LogP contribution in [0.4, 0.5) is 16.2 Å². The van der Waals surface area contributed by atoms with Gasteiger partial charge < -0.3 is 19.9 Å². The van der Waals surface area contributed by atoms with Crippen LogP contribution in [0.25, 0.3) is 0 Å². The molecule has 0 aromatic heterocycles. The third-order valence-electron chi connectivity index (χ3n) is 6.02. The molecule has 2 aliphatic heterocycles. The number of carbonyl (C=O) groups is 3. The Morgan fingerprint density at radius 1 is 1.16 bits per heavy atom. The van der Waals surface area contributed by atoms with Crippen molar-refractivity contribution < 1.29 is 24.0 Å². The molecular formula is C22H30N4O6. The zero-order valence-corrected chi connectivity index (χ0v) is 19.1. The SMILES string of the molecule is Cc1ccc([N+](=O)[O-])c(C)c1NC(=O)C(=O)N1CCC2C(CCN2C(=O)OC(C)(C)C)C1. The number of hydrogen-bond acceptors (Lipinski definition) is 6. The van der Waals surface area contributed by atoms with E-state index in [1.807, 2.05) is 20.8 Å². The molecule has 10 heteroatoms. The molecule has 3 amide bonds. The Labute approximate surface area is 187 Å². The van der Waals surface area contributed by atoms with Crippen molar-refractivity contribution in [2.75, 3.05) is 25.0 Å². The summed E-state index contributed by atoms with van der Waals surface area (Å²) in [5, 5.41) is 13.8. The van der Waals surface area contributed by atoms with E-state index < -0.39 is 22.3 Å². The van der Waals surface area contributed by atoms with Gasteiger partial charge in [-0.25, -0.2) is 4.79 Å². The summed E-state index contributed by atoms with van der Waals surface area (Å²) in [6.45, 7) is 10.0. The summed E-state index contributed by atoms with van der Waals surface area (Å²) in [5.74, 6) is -1.42. The lowest BCUT2D eigenvalue weighted by Gasteiger charge is -2.37. The van der Waals surface area contributed by atoms with Gasteiger partial charge in [0.05, 0.1) is 16.2 Å². The minimum Gasteiger partial charge on any atom is -0.444 e. The zero-order chi connectivity index (χ0) is 23.8. The van der Waals surface area contributed by atoms with E-state index in [0.29, 0.717) is 37.2 Å². The number of ether oxygens (including phenoxy) is 1. The van der Waals surface area contributed by atoms with Gasteiger partial charge >= 0.3 is 17.9 Å². The van der Waals surface area contributed by atoms with E-state index in [9.17, 15) is 24.5 Å². The standard InChI is InChI=1S/C22H30N4O6/c1-13-6-7-16(26(30)31)14(2)18(13)23-19(27)20(28)24-10-9-17-15(12-24)8-11-25(17)21(29)32-22(3,4)5/h6-7,15,17H,8-12H2,1-5H3,(H,23,27). The van der Waals surface area contributed by atoms with Gasteiger partial charge in [0.15, 0.2) is 0 Å². The molecule has 1 aromatic rings. The topological polar surface area (TPSA) is 122 Å². The van der Waals surface area contributed by atoms with E-state index in [4.69, 9.17) is 4.74 Å². The molecule has 2 unspecified atom stereocenters. The third kappa shape index (κ3) is 4.84. The Hall–Kier alpha value is -3.17. The molecule has 0 saturated carbocycles. The zero-order valence-electron chi connectivity index (χ0n) is 19.1. The minimum atomic E-state index is -0.822.